The fourth-order valence-corrected chi connectivity index (χ4v) is 5.32. The normalized spacial score (nSPS) is 25.9. The summed E-state index contributed by atoms with van der Waals surface area (Å²) in [5, 5.41) is 38.5. The van der Waals surface area contributed by atoms with Gasteiger partial charge in [-0.25, -0.2) is 4.57 Å². The quantitative estimate of drug-likeness (QED) is 0.0580. The molecule has 7 atom stereocenters. The van der Waals surface area contributed by atoms with Gasteiger partial charge in [-0.2, -0.15) is 57.1 Å². The van der Waals surface area contributed by atoms with E-state index < -0.39 is 106 Å². The van der Waals surface area contributed by atoms with E-state index in [1.807, 2.05) is 6.92 Å². The molecule has 0 aromatic heterocycles. The van der Waals surface area contributed by atoms with Crippen molar-refractivity contribution < 1.29 is 101 Å². The molecule has 1 aliphatic rings. The summed E-state index contributed by atoms with van der Waals surface area (Å²) in [6.45, 7) is 0.687. The maximum Gasteiger partial charge on any atom is 0.472 e. The molecule has 0 spiro atoms. The Hall–Kier alpha value is -1.00. The van der Waals surface area contributed by atoms with Crippen LogP contribution in [0.4, 0.5) is 57.1 Å². The molecular formula is C24H36F13O9P. The van der Waals surface area contributed by atoms with Gasteiger partial charge in [-0.3, -0.25) is 9.05 Å². The van der Waals surface area contributed by atoms with Crippen LogP contribution in [0.15, 0.2) is 0 Å². The van der Waals surface area contributed by atoms with Gasteiger partial charge >= 0.3 is 43.6 Å². The molecule has 1 rings (SSSR count). The highest BCUT2D eigenvalue weighted by molar-refractivity contribution is 7.47. The Morgan fingerprint density at radius 1 is 0.681 bits per heavy atom. The second-order valence-electron chi connectivity index (χ2n) is 11.0. The number of hydrogen-bond acceptors (Lipinski definition) is 8. The summed E-state index contributed by atoms with van der Waals surface area (Å²) >= 11 is 0. The SMILES string of the molecule is CCCCCCCCCC(CCC(F)(F)C(F)(F)C(F)(F)C(F)(F)C(F)(F)C(F)(F)F)OP(=O)(O)OC[C@H]1O[C@@H](O)[C@H](O)[C@@H](O)[C@@H]1O. The highest BCUT2D eigenvalue weighted by Crippen LogP contribution is 2.61. The minimum absolute atomic E-state index is 0.0640. The summed E-state index contributed by atoms with van der Waals surface area (Å²) in [5.41, 5.74) is 0. The zero-order valence-corrected chi connectivity index (χ0v) is 25.4. The van der Waals surface area contributed by atoms with Crippen molar-refractivity contribution in [3.8, 4) is 0 Å². The summed E-state index contributed by atoms with van der Waals surface area (Å²) < 4.78 is 201. The Bertz CT molecular complexity index is 1020. The molecule has 23 heteroatoms. The van der Waals surface area contributed by atoms with Crippen LogP contribution < -0.4 is 0 Å². The van der Waals surface area contributed by atoms with Gasteiger partial charge in [-0.05, 0) is 12.8 Å². The first-order valence-electron chi connectivity index (χ1n) is 14.1. The monoisotopic (exact) mass is 746 g/mol. The van der Waals surface area contributed by atoms with Gasteiger partial charge in [0, 0.05) is 6.42 Å². The number of phosphoric acid groups is 1. The minimum atomic E-state index is -8.07. The van der Waals surface area contributed by atoms with Crippen molar-refractivity contribution in [1.29, 1.82) is 0 Å². The number of phosphoric ester groups is 1. The van der Waals surface area contributed by atoms with Crippen LogP contribution in [0.1, 0.15) is 71.1 Å². The summed E-state index contributed by atoms with van der Waals surface area (Å²) in [7, 11) is -5.53. The van der Waals surface area contributed by atoms with Crippen LogP contribution in [0.3, 0.4) is 0 Å². The van der Waals surface area contributed by atoms with Crippen LogP contribution in [-0.4, -0.2) is 105 Å². The van der Waals surface area contributed by atoms with E-state index in [2.05, 4.69) is 13.8 Å². The highest BCUT2D eigenvalue weighted by atomic mass is 31.2. The number of aliphatic hydroxyl groups excluding tert-OH is 4. The maximum absolute atomic E-state index is 14.4. The second kappa shape index (κ2) is 16.3. The van der Waals surface area contributed by atoms with Gasteiger partial charge in [0.1, 0.15) is 24.4 Å². The van der Waals surface area contributed by atoms with Crippen molar-refractivity contribution in [2.45, 2.75) is 144 Å². The number of hydrogen-bond donors (Lipinski definition) is 5. The summed E-state index contributed by atoms with van der Waals surface area (Å²) in [6.07, 6.45) is -20.8. The number of halogens is 13. The van der Waals surface area contributed by atoms with Gasteiger partial charge in [0.25, 0.3) is 0 Å². The summed E-state index contributed by atoms with van der Waals surface area (Å²) in [4.78, 5) is 10.0. The molecule has 1 aliphatic heterocycles. The number of rotatable bonds is 20. The fourth-order valence-electron chi connectivity index (χ4n) is 4.34. The van der Waals surface area contributed by atoms with Gasteiger partial charge < -0.3 is 30.1 Å². The molecule has 1 fully saturated rings. The zero-order chi connectivity index (χ0) is 36.9. The van der Waals surface area contributed by atoms with E-state index in [9.17, 15) is 87.0 Å². The predicted octanol–water partition coefficient (Wildman–Crippen LogP) is 5.95. The van der Waals surface area contributed by atoms with Gasteiger partial charge in [-0.15, -0.1) is 0 Å². The molecule has 1 saturated heterocycles. The van der Waals surface area contributed by atoms with E-state index in [1.54, 1.807) is 0 Å². The lowest BCUT2D eigenvalue weighted by Gasteiger charge is -2.40. The molecule has 0 aromatic rings. The third kappa shape index (κ3) is 10.3. The minimum Gasteiger partial charge on any atom is -0.387 e. The largest absolute Gasteiger partial charge is 0.472 e. The van der Waals surface area contributed by atoms with Gasteiger partial charge in [0.2, 0.25) is 0 Å². The van der Waals surface area contributed by atoms with Crippen LogP contribution in [0.25, 0.3) is 0 Å². The first kappa shape index (κ1) is 44.0. The predicted molar refractivity (Wildman–Crippen MR) is 132 cm³/mol. The van der Waals surface area contributed by atoms with E-state index in [1.165, 1.54) is 0 Å². The lowest BCUT2D eigenvalue weighted by Crippen LogP contribution is -2.70. The molecule has 2 unspecified atom stereocenters. The maximum atomic E-state index is 14.4. The molecule has 0 amide bonds. The lowest BCUT2D eigenvalue weighted by molar-refractivity contribution is -0.440. The van der Waals surface area contributed by atoms with E-state index in [-0.39, 0.29) is 12.8 Å². The second-order valence-corrected chi connectivity index (χ2v) is 12.4. The Morgan fingerprint density at radius 3 is 1.68 bits per heavy atom. The Balaban J connectivity index is 3.14. The molecule has 5 N–H and O–H groups in total. The Morgan fingerprint density at radius 2 is 1.17 bits per heavy atom. The molecule has 0 aliphatic carbocycles. The third-order valence-corrected chi connectivity index (χ3v) is 8.32. The fraction of sp³-hybridized carbons (Fsp3) is 1.00. The van der Waals surface area contributed by atoms with Crippen LogP contribution in [-0.2, 0) is 18.3 Å². The molecule has 0 bridgehead atoms. The van der Waals surface area contributed by atoms with Crippen molar-refractivity contribution in [2.75, 3.05) is 6.61 Å². The van der Waals surface area contributed by atoms with Crippen molar-refractivity contribution in [2.24, 2.45) is 0 Å². The molecule has 0 saturated carbocycles. The average Bonchev–Trinajstić information content (AvgIpc) is 2.94. The van der Waals surface area contributed by atoms with Crippen LogP contribution in [0, 0.1) is 0 Å². The summed E-state index contributed by atoms with van der Waals surface area (Å²) in [5.74, 6) is -37.9. The van der Waals surface area contributed by atoms with Crippen molar-refractivity contribution in [3.63, 3.8) is 0 Å². The van der Waals surface area contributed by atoms with Crippen LogP contribution in [0.5, 0.6) is 0 Å². The molecule has 1 heterocycles. The van der Waals surface area contributed by atoms with Gasteiger partial charge in [0.15, 0.2) is 6.29 Å². The lowest BCUT2D eigenvalue weighted by atomic mass is 9.91. The van der Waals surface area contributed by atoms with Crippen molar-refractivity contribution in [1.82, 2.24) is 0 Å². The zero-order valence-electron chi connectivity index (χ0n) is 24.5. The first-order valence-corrected chi connectivity index (χ1v) is 15.6. The Kier molecular flexibility index (Phi) is 15.3. The van der Waals surface area contributed by atoms with E-state index in [0.717, 1.165) is 19.3 Å². The standard InChI is InChI=1S/C24H36F13O9P/c1-2-3-4-5-6-7-8-9-13(46-47(42,43)44-12-14-15(38)16(39)17(40)18(41)45-14)10-11-19(25,26)20(27,28)21(29,30)22(31,32)23(33,34)24(35,36)37/h13-18,38-41H,2-12H2,1H3,(H,42,43)/t13?,14-,15-,16+,17-,18-/m1/s1. The van der Waals surface area contributed by atoms with Crippen LogP contribution >= 0.6 is 7.82 Å². The number of aliphatic hydroxyl groups is 4. The molecule has 0 aromatic carbocycles. The topological polar surface area (TPSA) is 146 Å². The van der Waals surface area contributed by atoms with Crippen molar-refractivity contribution >= 4 is 7.82 Å². The van der Waals surface area contributed by atoms with Gasteiger partial charge in [0.05, 0.1) is 12.7 Å². The molecule has 47 heavy (non-hydrogen) atoms. The number of alkyl halides is 13. The highest BCUT2D eigenvalue weighted by Gasteiger charge is 2.90. The molecule has 0 radical (unpaired) electrons. The first-order chi connectivity index (χ1) is 21.1. The number of ether oxygens (including phenoxy) is 1. The van der Waals surface area contributed by atoms with E-state index in [0.29, 0.717) is 12.8 Å². The molecule has 282 valence electrons. The molecule has 9 nitrogen and oxygen atoms in total. The molecular weight excluding hydrogens is 710 g/mol. The summed E-state index contributed by atoms with van der Waals surface area (Å²) in [6, 6.07) is 0. The number of unbranched alkanes of at least 4 members (excludes halogenated alkanes) is 6. The third-order valence-electron chi connectivity index (χ3n) is 7.28. The average molecular weight is 746 g/mol. The van der Waals surface area contributed by atoms with Crippen LogP contribution in [0.2, 0.25) is 0 Å². The van der Waals surface area contributed by atoms with E-state index in [4.69, 9.17) is 0 Å². The smallest absolute Gasteiger partial charge is 0.387 e. The van der Waals surface area contributed by atoms with E-state index >= 15 is 0 Å². The Labute approximate surface area is 259 Å². The van der Waals surface area contributed by atoms with Crippen molar-refractivity contribution in [3.05, 3.63) is 0 Å². The van der Waals surface area contributed by atoms with Gasteiger partial charge in [-0.1, -0.05) is 51.9 Å².